The van der Waals surface area contributed by atoms with Crippen molar-refractivity contribution in [2.45, 2.75) is 13.0 Å². The predicted octanol–water partition coefficient (Wildman–Crippen LogP) is 1.41. The number of halogens is 1. The molecule has 0 saturated carbocycles. The van der Waals surface area contributed by atoms with Gasteiger partial charge in [0.15, 0.2) is 11.6 Å². The maximum Gasteiger partial charge on any atom is 0.254 e. The maximum absolute atomic E-state index is 13.7. The average molecular weight is 302 g/mol. The van der Waals surface area contributed by atoms with E-state index < -0.39 is 5.82 Å². The van der Waals surface area contributed by atoms with Gasteiger partial charge in [0.2, 0.25) is 0 Å². The fourth-order valence-corrected chi connectivity index (χ4v) is 2.53. The van der Waals surface area contributed by atoms with Crippen LogP contribution in [0.3, 0.4) is 0 Å². The van der Waals surface area contributed by atoms with E-state index in [1.165, 1.54) is 25.6 Å². The highest BCUT2D eigenvalue weighted by Crippen LogP contribution is 2.23. The first-order valence-corrected chi connectivity index (χ1v) is 6.81. The lowest BCUT2D eigenvalue weighted by Gasteiger charge is -2.28. The highest BCUT2D eigenvalue weighted by Gasteiger charge is 2.24. The molecular weight excluding hydrogens is 287 g/mol. The SMILES string of the molecule is COc1ccc(C(=O)N2CCc3c(N)ncnc3C2)cc1F. The molecule has 2 N–H and O–H groups in total. The summed E-state index contributed by atoms with van der Waals surface area (Å²) in [4.78, 5) is 22.2. The van der Waals surface area contributed by atoms with Gasteiger partial charge >= 0.3 is 0 Å². The molecule has 1 aromatic carbocycles. The van der Waals surface area contributed by atoms with E-state index in [1.54, 1.807) is 11.0 Å². The molecule has 0 unspecified atom stereocenters. The summed E-state index contributed by atoms with van der Waals surface area (Å²) in [6, 6.07) is 4.18. The van der Waals surface area contributed by atoms with Crippen LogP contribution < -0.4 is 10.5 Å². The molecule has 0 aliphatic carbocycles. The standard InChI is InChI=1S/C15H15FN4O2/c1-22-13-3-2-9(6-11(13)16)15(21)20-5-4-10-12(7-20)18-8-19-14(10)17/h2-3,6,8H,4-5,7H2,1H3,(H2,17,18,19). The van der Waals surface area contributed by atoms with Crippen LogP contribution in [0.2, 0.25) is 0 Å². The highest BCUT2D eigenvalue weighted by atomic mass is 19.1. The zero-order valence-corrected chi connectivity index (χ0v) is 12.0. The van der Waals surface area contributed by atoms with Crippen LogP contribution in [0, 0.1) is 5.82 Å². The summed E-state index contributed by atoms with van der Waals surface area (Å²) in [7, 11) is 1.38. The van der Waals surface area contributed by atoms with Gasteiger partial charge in [0.25, 0.3) is 5.91 Å². The van der Waals surface area contributed by atoms with Gasteiger partial charge in [-0.2, -0.15) is 0 Å². The summed E-state index contributed by atoms with van der Waals surface area (Å²) in [5, 5.41) is 0. The molecule has 7 heteroatoms. The first-order chi connectivity index (χ1) is 10.6. The van der Waals surface area contributed by atoms with Crippen LogP contribution in [-0.4, -0.2) is 34.4 Å². The number of nitrogens with zero attached hydrogens (tertiary/aromatic N) is 3. The largest absolute Gasteiger partial charge is 0.494 e. The minimum absolute atomic E-state index is 0.112. The third-order valence-corrected chi connectivity index (χ3v) is 3.73. The summed E-state index contributed by atoms with van der Waals surface area (Å²) in [5.41, 5.74) is 7.71. The molecule has 1 aromatic heterocycles. The van der Waals surface area contributed by atoms with Crippen molar-refractivity contribution in [1.82, 2.24) is 14.9 Å². The number of carbonyl (C=O) groups excluding carboxylic acids is 1. The second-order valence-corrected chi connectivity index (χ2v) is 5.01. The Balaban J connectivity index is 1.83. The van der Waals surface area contributed by atoms with Crippen molar-refractivity contribution in [2.75, 3.05) is 19.4 Å². The van der Waals surface area contributed by atoms with Crippen LogP contribution in [0.25, 0.3) is 0 Å². The fraction of sp³-hybridized carbons (Fsp3) is 0.267. The zero-order chi connectivity index (χ0) is 15.7. The molecule has 6 nitrogen and oxygen atoms in total. The molecule has 0 radical (unpaired) electrons. The van der Waals surface area contributed by atoms with Crippen LogP contribution in [0.15, 0.2) is 24.5 Å². The summed E-state index contributed by atoms with van der Waals surface area (Å²) < 4.78 is 18.6. The molecule has 114 valence electrons. The molecule has 0 fully saturated rings. The fourth-order valence-electron chi connectivity index (χ4n) is 2.53. The number of hydrogen-bond donors (Lipinski definition) is 1. The smallest absolute Gasteiger partial charge is 0.254 e. The number of methoxy groups -OCH3 is 1. The molecule has 0 bridgehead atoms. The summed E-state index contributed by atoms with van der Waals surface area (Å²) in [5.74, 6) is -0.240. The first-order valence-electron chi connectivity index (χ1n) is 6.81. The number of ether oxygens (including phenoxy) is 1. The Hall–Kier alpha value is -2.70. The number of rotatable bonds is 2. The number of benzene rings is 1. The lowest BCUT2D eigenvalue weighted by atomic mass is 10.0. The van der Waals surface area contributed by atoms with Crippen LogP contribution in [0.1, 0.15) is 21.6 Å². The number of fused-ring (bicyclic) bond motifs is 1. The minimum atomic E-state index is -0.558. The predicted molar refractivity (Wildman–Crippen MR) is 77.8 cm³/mol. The normalized spacial score (nSPS) is 13.6. The first kappa shape index (κ1) is 14.2. The van der Waals surface area contributed by atoms with E-state index in [4.69, 9.17) is 10.5 Å². The Morgan fingerprint density at radius 1 is 1.41 bits per heavy atom. The molecule has 2 heterocycles. The quantitative estimate of drug-likeness (QED) is 0.907. The molecule has 2 aromatic rings. The molecule has 1 aliphatic rings. The Labute approximate surface area is 126 Å². The average Bonchev–Trinajstić information content (AvgIpc) is 2.54. The second-order valence-electron chi connectivity index (χ2n) is 5.01. The summed E-state index contributed by atoms with van der Waals surface area (Å²) in [6.07, 6.45) is 1.97. The van der Waals surface area contributed by atoms with Crippen molar-refractivity contribution < 1.29 is 13.9 Å². The molecule has 1 amide bonds. The monoisotopic (exact) mass is 302 g/mol. The molecule has 1 aliphatic heterocycles. The van der Waals surface area contributed by atoms with Crippen LogP contribution in [0.5, 0.6) is 5.75 Å². The van der Waals surface area contributed by atoms with E-state index in [2.05, 4.69) is 9.97 Å². The number of amides is 1. The van der Waals surface area contributed by atoms with Gasteiger partial charge < -0.3 is 15.4 Å². The van der Waals surface area contributed by atoms with Crippen LogP contribution >= 0.6 is 0 Å². The minimum Gasteiger partial charge on any atom is -0.494 e. The van der Waals surface area contributed by atoms with Crippen molar-refractivity contribution in [3.63, 3.8) is 0 Å². The van der Waals surface area contributed by atoms with Gasteiger partial charge in [-0.05, 0) is 24.6 Å². The number of nitrogen functional groups attached to an aromatic ring is 1. The van der Waals surface area contributed by atoms with Crippen molar-refractivity contribution in [3.8, 4) is 5.75 Å². The van der Waals surface area contributed by atoms with E-state index in [0.717, 1.165) is 11.3 Å². The number of anilines is 1. The van der Waals surface area contributed by atoms with E-state index in [0.29, 0.717) is 25.3 Å². The topological polar surface area (TPSA) is 81.3 Å². The molecule has 0 atom stereocenters. The van der Waals surface area contributed by atoms with E-state index in [9.17, 15) is 9.18 Å². The Kier molecular flexibility index (Phi) is 3.62. The molecule has 0 spiro atoms. The van der Waals surface area contributed by atoms with E-state index in [1.807, 2.05) is 0 Å². The van der Waals surface area contributed by atoms with Gasteiger partial charge in [0, 0.05) is 17.7 Å². The van der Waals surface area contributed by atoms with Crippen LogP contribution in [0.4, 0.5) is 10.2 Å². The zero-order valence-electron chi connectivity index (χ0n) is 12.0. The Morgan fingerprint density at radius 2 is 2.23 bits per heavy atom. The van der Waals surface area contributed by atoms with Crippen molar-refractivity contribution in [3.05, 3.63) is 47.2 Å². The molecular formula is C15H15FN4O2. The number of nitrogens with two attached hydrogens (primary N) is 1. The number of carbonyl (C=O) groups is 1. The third kappa shape index (κ3) is 2.45. The van der Waals surface area contributed by atoms with Gasteiger partial charge in [-0.3, -0.25) is 4.79 Å². The maximum atomic E-state index is 13.7. The summed E-state index contributed by atoms with van der Waals surface area (Å²) in [6.45, 7) is 0.839. The van der Waals surface area contributed by atoms with Crippen molar-refractivity contribution in [1.29, 1.82) is 0 Å². The van der Waals surface area contributed by atoms with Crippen LogP contribution in [-0.2, 0) is 13.0 Å². The van der Waals surface area contributed by atoms with Gasteiger partial charge in [-0.15, -0.1) is 0 Å². The molecule has 3 rings (SSSR count). The number of aromatic nitrogens is 2. The Morgan fingerprint density at radius 3 is 2.95 bits per heavy atom. The van der Waals surface area contributed by atoms with Gasteiger partial charge in [0.05, 0.1) is 19.3 Å². The van der Waals surface area contributed by atoms with Gasteiger partial charge in [-0.1, -0.05) is 0 Å². The number of hydrogen-bond acceptors (Lipinski definition) is 5. The lowest BCUT2D eigenvalue weighted by Crippen LogP contribution is -2.37. The van der Waals surface area contributed by atoms with Crippen molar-refractivity contribution in [2.24, 2.45) is 0 Å². The Bertz CT molecular complexity index is 735. The summed E-state index contributed by atoms with van der Waals surface area (Å²) >= 11 is 0. The van der Waals surface area contributed by atoms with Gasteiger partial charge in [-0.25, -0.2) is 14.4 Å². The van der Waals surface area contributed by atoms with Crippen molar-refractivity contribution >= 4 is 11.7 Å². The highest BCUT2D eigenvalue weighted by molar-refractivity contribution is 5.94. The lowest BCUT2D eigenvalue weighted by molar-refractivity contribution is 0.0731. The third-order valence-electron chi connectivity index (χ3n) is 3.73. The van der Waals surface area contributed by atoms with E-state index in [-0.39, 0.29) is 17.2 Å². The molecule has 22 heavy (non-hydrogen) atoms. The van der Waals surface area contributed by atoms with Gasteiger partial charge in [0.1, 0.15) is 12.1 Å². The molecule has 0 saturated heterocycles. The second kappa shape index (κ2) is 5.59. The van der Waals surface area contributed by atoms with E-state index >= 15 is 0 Å².